The molecular weight excluding hydrogens is 352 g/mol. The fourth-order valence-corrected chi connectivity index (χ4v) is 3.58. The third-order valence-corrected chi connectivity index (χ3v) is 5.10. The Morgan fingerprint density at radius 1 is 1.04 bits per heavy atom. The van der Waals surface area contributed by atoms with Crippen LogP contribution in [0.3, 0.4) is 0 Å². The predicted octanol–water partition coefficient (Wildman–Crippen LogP) is 2.14. The second-order valence-electron chi connectivity index (χ2n) is 6.57. The van der Waals surface area contributed by atoms with Gasteiger partial charge in [-0.25, -0.2) is 0 Å². The van der Waals surface area contributed by atoms with Gasteiger partial charge in [0.1, 0.15) is 0 Å². The molecule has 1 aliphatic heterocycles. The SMILES string of the molecule is COc1cc([C@@H](O)[C@@H]2CO[C@@H](c3ccc(O)c(OC)c3)[C@@H]2CO)ccc1O. The van der Waals surface area contributed by atoms with E-state index in [2.05, 4.69) is 0 Å². The van der Waals surface area contributed by atoms with Crippen molar-refractivity contribution in [2.75, 3.05) is 27.4 Å². The molecule has 2 aromatic rings. The summed E-state index contributed by atoms with van der Waals surface area (Å²) in [6.45, 7) is 0.0776. The molecule has 7 heteroatoms. The molecule has 0 bridgehead atoms. The van der Waals surface area contributed by atoms with Crippen molar-refractivity contribution in [2.24, 2.45) is 11.8 Å². The van der Waals surface area contributed by atoms with Crippen LogP contribution < -0.4 is 9.47 Å². The van der Waals surface area contributed by atoms with E-state index in [1.807, 2.05) is 0 Å². The van der Waals surface area contributed by atoms with Crippen molar-refractivity contribution in [2.45, 2.75) is 12.2 Å². The number of aliphatic hydroxyl groups excluding tert-OH is 2. The summed E-state index contributed by atoms with van der Waals surface area (Å²) in [6, 6.07) is 9.55. The summed E-state index contributed by atoms with van der Waals surface area (Å²) in [4.78, 5) is 0. The second kappa shape index (κ2) is 8.04. The van der Waals surface area contributed by atoms with Crippen LogP contribution in [0.15, 0.2) is 36.4 Å². The highest BCUT2D eigenvalue weighted by atomic mass is 16.5. The van der Waals surface area contributed by atoms with Gasteiger partial charge < -0.3 is 34.6 Å². The Labute approximate surface area is 157 Å². The summed E-state index contributed by atoms with van der Waals surface area (Å²) in [7, 11) is 2.90. The maximum Gasteiger partial charge on any atom is 0.160 e. The number of aromatic hydroxyl groups is 2. The van der Waals surface area contributed by atoms with Crippen LogP contribution in [-0.2, 0) is 4.74 Å². The molecule has 1 aliphatic rings. The van der Waals surface area contributed by atoms with Crippen molar-refractivity contribution in [3.63, 3.8) is 0 Å². The molecule has 2 aromatic carbocycles. The molecule has 0 aliphatic carbocycles. The average molecular weight is 376 g/mol. The van der Waals surface area contributed by atoms with Crippen LogP contribution in [0.2, 0.25) is 0 Å². The number of hydrogen-bond acceptors (Lipinski definition) is 7. The van der Waals surface area contributed by atoms with E-state index in [4.69, 9.17) is 14.2 Å². The number of aliphatic hydroxyl groups is 2. The third kappa shape index (κ3) is 3.66. The van der Waals surface area contributed by atoms with Crippen LogP contribution >= 0.6 is 0 Å². The molecule has 3 rings (SSSR count). The first kappa shape index (κ1) is 19.3. The second-order valence-corrected chi connectivity index (χ2v) is 6.57. The highest BCUT2D eigenvalue weighted by molar-refractivity contribution is 5.44. The van der Waals surface area contributed by atoms with Crippen LogP contribution in [0.25, 0.3) is 0 Å². The normalized spacial score (nSPS) is 23.2. The summed E-state index contributed by atoms with van der Waals surface area (Å²) in [5.41, 5.74) is 1.32. The van der Waals surface area contributed by atoms with Crippen molar-refractivity contribution >= 4 is 0 Å². The average Bonchev–Trinajstić information content (AvgIpc) is 3.12. The number of benzene rings is 2. The molecule has 4 atom stereocenters. The van der Waals surface area contributed by atoms with E-state index in [0.29, 0.717) is 11.3 Å². The zero-order valence-corrected chi connectivity index (χ0v) is 15.2. The Kier molecular flexibility index (Phi) is 5.74. The topological polar surface area (TPSA) is 109 Å². The quantitative estimate of drug-likeness (QED) is 0.612. The Morgan fingerprint density at radius 3 is 2.30 bits per heavy atom. The van der Waals surface area contributed by atoms with Gasteiger partial charge in [-0.1, -0.05) is 12.1 Å². The van der Waals surface area contributed by atoms with Crippen LogP contribution in [0.5, 0.6) is 23.0 Å². The zero-order valence-electron chi connectivity index (χ0n) is 15.2. The molecule has 0 saturated carbocycles. The van der Waals surface area contributed by atoms with Crippen molar-refractivity contribution in [3.8, 4) is 23.0 Å². The van der Waals surface area contributed by atoms with E-state index < -0.39 is 12.2 Å². The third-order valence-electron chi connectivity index (χ3n) is 5.10. The minimum atomic E-state index is -0.902. The van der Waals surface area contributed by atoms with Crippen LogP contribution in [0.1, 0.15) is 23.3 Å². The lowest BCUT2D eigenvalue weighted by Crippen LogP contribution is -2.25. The highest BCUT2D eigenvalue weighted by Gasteiger charge is 2.42. The van der Waals surface area contributed by atoms with E-state index in [1.165, 1.54) is 26.4 Å². The predicted molar refractivity (Wildman–Crippen MR) is 97.0 cm³/mol. The van der Waals surface area contributed by atoms with Gasteiger partial charge >= 0.3 is 0 Å². The summed E-state index contributed by atoms with van der Waals surface area (Å²) >= 11 is 0. The van der Waals surface area contributed by atoms with Crippen molar-refractivity contribution < 1.29 is 34.6 Å². The van der Waals surface area contributed by atoms with Crippen molar-refractivity contribution in [3.05, 3.63) is 47.5 Å². The molecule has 0 spiro atoms. The summed E-state index contributed by atoms with van der Waals surface area (Å²) in [5, 5.41) is 40.3. The number of phenolic OH excluding ortho intramolecular Hbond substituents is 2. The van der Waals surface area contributed by atoms with Gasteiger partial charge in [-0.2, -0.15) is 0 Å². The van der Waals surface area contributed by atoms with Crippen LogP contribution in [0.4, 0.5) is 0 Å². The molecule has 0 amide bonds. The van der Waals surface area contributed by atoms with E-state index in [0.717, 1.165) is 5.56 Å². The Morgan fingerprint density at radius 2 is 1.67 bits per heavy atom. The van der Waals surface area contributed by atoms with Crippen LogP contribution in [-0.4, -0.2) is 47.9 Å². The van der Waals surface area contributed by atoms with Crippen LogP contribution in [0, 0.1) is 11.8 Å². The molecule has 1 saturated heterocycles. The fraction of sp³-hybridized carbons (Fsp3) is 0.400. The van der Waals surface area contributed by atoms with E-state index in [9.17, 15) is 20.4 Å². The lowest BCUT2D eigenvalue weighted by Gasteiger charge is -2.25. The Bertz CT molecular complexity index is 792. The molecule has 0 aromatic heterocycles. The zero-order chi connectivity index (χ0) is 19.6. The smallest absolute Gasteiger partial charge is 0.160 e. The van der Waals surface area contributed by atoms with Gasteiger partial charge in [0.15, 0.2) is 23.0 Å². The fourth-order valence-electron chi connectivity index (χ4n) is 3.58. The van der Waals surface area contributed by atoms with Gasteiger partial charge in [-0.3, -0.25) is 0 Å². The van der Waals surface area contributed by atoms with Gasteiger partial charge in [0, 0.05) is 18.4 Å². The Balaban J connectivity index is 1.86. The largest absolute Gasteiger partial charge is 0.504 e. The molecule has 0 radical (unpaired) electrons. The molecule has 0 unspecified atom stereocenters. The standard InChI is InChI=1S/C20H24O7/c1-25-17-7-11(3-5-15(17)22)19(24)14-10-27-20(13(14)9-21)12-4-6-16(23)18(8-12)26-2/h3-8,13-14,19-24H,9-10H2,1-2H3/t13-,14-,19-,20+/m1/s1. The first-order chi connectivity index (χ1) is 13.0. The molecular formula is C20H24O7. The minimum Gasteiger partial charge on any atom is -0.504 e. The van der Waals surface area contributed by atoms with E-state index in [1.54, 1.807) is 24.3 Å². The van der Waals surface area contributed by atoms with E-state index in [-0.39, 0.29) is 42.3 Å². The Hall–Kier alpha value is -2.48. The molecule has 4 N–H and O–H groups in total. The lowest BCUT2D eigenvalue weighted by atomic mass is 9.82. The monoisotopic (exact) mass is 376 g/mol. The lowest BCUT2D eigenvalue weighted by molar-refractivity contribution is 0.0632. The first-order valence-corrected chi connectivity index (χ1v) is 8.64. The molecule has 1 heterocycles. The number of ether oxygens (including phenoxy) is 3. The minimum absolute atomic E-state index is 0.0103. The first-order valence-electron chi connectivity index (χ1n) is 8.64. The number of rotatable bonds is 6. The number of hydrogen-bond donors (Lipinski definition) is 4. The van der Waals surface area contributed by atoms with Crippen molar-refractivity contribution in [1.29, 1.82) is 0 Å². The van der Waals surface area contributed by atoms with Gasteiger partial charge in [-0.05, 0) is 35.4 Å². The molecule has 1 fully saturated rings. The molecule has 7 nitrogen and oxygen atoms in total. The van der Waals surface area contributed by atoms with E-state index >= 15 is 0 Å². The van der Waals surface area contributed by atoms with Crippen molar-refractivity contribution in [1.82, 2.24) is 0 Å². The van der Waals surface area contributed by atoms with Gasteiger partial charge in [-0.15, -0.1) is 0 Å². The molecule has 27 heavy (non-hydrogen) atoms. The maximum atomic E-state index is 10.8. The van der Waals surface area contributed by atoms with Gasteiger partial charge in [0.25, 0.3) is 0 Å². The summed E-state index contributed by atoms with van der Waals surface area (Å²) in [5.74, 6) is -0.106. The number of methoxy groups -OCH3 is 2. The summed E-state index contributed by atoms with van der Waals surface area (Å²) in [6.07, 6.45) is -1.34. The maximum absolute atomic E-state index is 10.8. The van der Waals surface area contributed by atoms with Gasteiger partial charge in [0.05, 0.1) is 33.0 Å². The van der Waals surface area contributed by atoms with Gasteiger partial charge in [0.2, 0.25) is 0 Å². The molecule has 146 valence electrons. The number of phenols is 2. The highest BCUT2D eigenvalue weighted by Crippen LogP contribution is 2.45. The summed E-state index contributed by atoms with van der Waals surface area (Å²) < 4.78 is 16.1.